The number of ether oxygens (including phenoxy) is 1. The second-order valence-electron chi connectivity index (χ2n) is 4.81. The van der Waals surface area contributed by atoms with E-state index in [-0.39, 0.29) is 5.82 Å². The van der Waals surface area contributed by atoms with E-state index in [1.54, 1.807) is 12.1 Å². The topological polar surface area (TPSA) is 47.3 Å². The summed E-state index contributed by atoms with van der Waals surface area (Å²) in [6, 6.07) is 8.71. The summed E-state index contributed by atoms with van der Waals surface area (Å²) in [5.41, 5.74) is 8.99. The van der Waals surface area contributed by atoms with Crippen LogP contribution in [-0.2, 0) is 0 Å². The molecule has 0 saturated carbocycles. The van der Waals surface area contributed by atoms with Gasteiger partial charge in [0.25, 0.3) is 0 Å². The van der Waals surface area contributed by atoms with Crippen molar-refractivity contribution >= 4 is 33.0 Å². The molecule has 2 rings (SSSR count). The molecule has 5 heteroatoms. The maximum Gasteiger partial charge on any atom is 0.144 e. The number of nitrogens with one attached hydrogen (secondary N) is 1. The van der Waals surface area contributed by atoms with E-state index in [1.165, 1.54) is 6.07 Å². The van der Waals surface area contributed by atoms with Crippen molar-refractivity contribution < 1.29 is 9.13 Å². The maximum atomic E-state index is 13.4. The van der Waals surface area contributed by atoms with Gasteiger partial charge in [0, 0.05) is 17.4 Å². The first-order valence-corrected chi connectivity index (χ1v) is 7.55. The lowest BCUT2D eigenvalue weighted by Gasteiger charge is -2.13. The summed E-state index contributed by atoms with van der Waals surface area (Å²) in [5, 5.41) is 3.25. The summed E-state index contributed by atoms with van der Waals surface area (Å²) < 4.78 is 19.5. The van der Waals surface area contributed by atoms with Crippen molar-refractivity contribution in [1.82, 2.24) is 0 Å². The fourth-order valence-corrected chi connectivity index (χ4v) is 2.23. The van der Waals surface area contributed by atoms with Crippen molar-refractivity contribution in [2.75, 3.05) is 17.7 Å². The molecule has 0 atom stereocenters. The molecule has 0 radical (unpaired) electrons. The van der Waals surface area contributed by atoms with Crippen molar-refractivity contribution in [3.8, 4) is 5.75 Å². The van der Waals surface area contributed by atoms with E-state index >= 15 is 0 Å². The second-order valence-corrected chi connectivity index (χ2v) is 5.66. The number of aryl methyl sites for hydroxylation is 1. The molecule has 0 aliphatic heterocycles. The highest BCUT2D eigenvalue weighted by molar-refractivity contribution is 9.10. The van der Waals surface area contributed by atoms with Gasteiger partial charge in [-0.3, -0.25) is 0 Å². The SMILES string of the molecule is CCCOc1cc(Nc2cc(Br)c(F)cc2C)ccc1N. The van der Waals surface area contributed by atoms with Gasteiger partial charge in [0.1, 0.15) is 11.6 Å². The zero-order valence-electron chi connectivity index (χ0n) is 12.0. The molecule has 0 aliphatic rings. The number of rotatable bonds is 5. The Hall–Kier alpha value is -1.75. The summed E-state index contributed by atoms with van der Waals surface area (Å²) >= 11 is 3.19. The van der Waals surface area contributed by atoms with E-state index in [2.05, 4.69) is 21.2 Å². The first kappa shape index (κ1) is 15.6. The maximum absolute atomic E-state index is 13.4. The molecule has 112 valence electrons. The lowest BCUT2D eigenvalue weighted by Crippen LogP contribution is -2.01. The quantitative estimate of drug-likeness (QED) is 0.743. The van der Waals surface area contributed by atoms with Gasteiger partial charge in [0.15, 0.2) is 0 Å². The largest absolute Gasteiger partial charge is 0.491 e. The van der Waals surface area contributed by atoms with E-state index in [0.29, 0.717) is 22.5 Å². The summed E-state index contributed by atoms with van der Waals surface area (Å²) in [6.45, 7) is 4.51. The van der Waals surface area contributed by atoms with Crippen LogP contribution in [0, 0.1) is 12.7 Å². The third-order valence-electron chi connectivity index (χ3n) is 3.02. The zero-order valence-corrected chi connectivity index (χ0v) is 13.6. The van der Waals surface area contributed by atoms with Gasteiger partial charge in [-0.2, -0.15) is 0 Å². The van der Waals surface area contributed by atoms with Gasteiger partial charge in [0.05, 0.1) is 16.8 Å². The number of nitrogens with two attached hydrogens (primary N) is 1. The monoisotopic (exact) mass is 352 g/mol. The molecule has 0 unspecified atom stereocenters. The van der Waals surface area contributed by atoms with E-state index in [0.717, 1.165) is 23.4 Å². The molecule has 0 aromatic heterocycles. The smallest absolute Gasteiger partial charge is 0.144 e. The minimum atomic E-state index is -0.276. The van der Waals surface area contributed by atoms with E-state index in [4.69, 9.17) is 10.5 Å². The molecule has 21 heavy (non-hydrogen) atoms. The third kappa shape index (κ3) is 3.88. The molecule has 0 bridgehead atoms. The molecule has 0 heterocycles. The molecule has 0 aliphatic carbocycles. The Kier molecular flexibility index (Phi) is 5.07. The van der Waals surface area contributed by atoms with Gasteiger partial charge in [-0.05, 0) is 59.1 Å². The average Bonchev–Trinajstić information content (AvgIpc) is 2.45. The number of halogens is 2. The van der Waals surface area contributed by atoms with Crippen molar-refractivity contribution in [3.63, 3.8) is 0 Å². The molecule has 0 saturated heterocycles. The Morgan fingerprint density at radius 1 is 1.29 bits per heavy atom. The average molecular weight is 353 g/mol. The van der Waals surface area contributed by atoms with Crippen molar-refractivity contribution in [2.45, 2.75) is 20.3 Å². The summed E-state index contributed by atoms with van der Waals surface area (Å²) in [4.78, 5) is 0. The second kappa shape index (κ2) is 6.80. The highest BCUT2D eigenvalue weighted by atomic mass is 79.9. The van der Waals surface area contributed by atoms with Crippen LogP contribution in [0.2, 0.25) is 0 Å². The van der Waals surface area contributed by atoms with Gasteiger partial charge >= 0.3 is 0 Å². The summed E-state index contributed by atoms with van der Waals surface area (Å²) in [5.74, 6) is 0.378. The van der Waals surface area contributed by atoms with Crippen LogP contribution in [0.15, 0.2) is 34.8 Å². The van der Waals surface area contributed by atoms with Crippen LogP contribution in [0.25, 0.3) is 0 Å². The highest BCUT2D eigenvalue weighted by Crippen LogP contribution is 2.30. The number of nitrogen functional groups attached to an aromatic ring is 1. The Bertz CT molecular complexity index is 646. The number of anilines is 3. The van der Waals surface area contributed by atoms with Crippen molar-refractivity contribution in [2.24, 2.45) is 0 Å². The minimum Gasteiger partial charge on any atom is -0.491 e. The van der Waals surface area contributed by atoms with Gasteiger partial charge in [0.2, 0.25) is 0 Å². The molecular formula is C16H18BrFN2O. The van der Waals surface area contributed by atoms with E-state index in [9.17, 15) is 4.39 Å². The summed E-state index contributed by atoms with van der Waals surface area (Å²) in [7, 11) is 0. The van der Waals surface area contributed by atoms with Gasteiger partial charge in [-0.25, -0.2) is 4.39 Å². The predicted octanol–water partition coefficient (Wildman–Crippen LogP) is 5.01. The number of hydrogen-bond donors (Lipinski definition) is 2. The number of hydrogen-bond acceptors (Lipinski definition) is 3. The molecule has 0 spiro atoms. The Labute approximate surface area is 132 Å². The van der Waals surface area contributed by atoms with Crippen LogP contribution in [0.1, 0.15) is 18.9 Å². The Morgan fingerprint density at radius 3 is 2.76 bits per heavy atom. The normalized spacial score (nSPS) is 10.5. The fraction of sp³-hybridized carbons (Fsp3) is 0.250. The Morgan fingerprint density at radius 2 is 2.05 bits per heavy atom. The zero-order chi connectivity index (χ0) is 15.4. The van der Waals surface area contributed by atoms with E-state index in [1.807, 2.05) is 26.0 Å². The standard InChI is InChI=1S/C16H18BrFN2O/c1-3-6-21-16-8-11(4-5-14(16)19)20-15-9-12(17)13(18)7-10(15)2/h4-5,7-9,20H,3,6,19H2,1-2H3. The van der Waals surface area contributed by atoms with Crippen LogP contribution >= 0.6 is 15.9 Å². The molecule has 2 aromatic rings. The highest BCUT2D eigenvalue weighted by Gasteiger charge is 2.07. The Balaban J connectivity index is 2.25. The van der Waals surface area contributed by atoms with Crippen LogP contribution in [0.3, 0.4) is 0 Å². The van der Waals surface area contributed by atoms with Crippen molar-refractivity contribution in [1.29, 1.82) is 0 Å². The molecular weight excluding hydrogens is 335 g/mol. The van der Waals surface area contributed by atoms with Crippen LogP contribution < -0.4 is 15.8 Å². The van der Waals surface area contributed by atoms with Crippen LogP contribution in [-0.4, -0.2) is 6.61 Å². The molecule has 0 amide bonds. The van der Waals surface area contributed by atoms with Crippen molar-refractivity contribution in [3.05, 3.63) is 46.2 Å². The third-order valence-corrected chi connectivity index (χ3v) is 3.63. The lowest BCUT2D eigenvalue weighted by molar-refractivity contribution is 0.319. The van der Waals surface area contributed by atoms with Gasteiger partial charge in [-0.15, -0.1) is 0 Å². The molecule has 3 N–H and O–H groups in total. The predicted molar refractivity (Wildman–Crippen MR) is 88.8 cm³/mol. The molecule has 0 fully saturated rings. The fourth-order valence-electron chi connectivity index (χ4n) is 1.89. The summed E-state index contributed by atoms with van der Waals surface area (Å²) in [6.07, 6.45) is 0.918. The first-order chi connectivity index (χ1) is 10.0. The van der Waals surface area contributed by atoms with Crippen LogP contribution in [0.5, 0.6) is 5.75 Å². The minimum absolute atomic E-state index is 0.276. The molecule has 2 aromatic carbocycles. The lowest BCUT2D eigenvalue weighted by atomic mass is 10.2. The van der Waals surface area contributed by atoms with E-state index < -0.39 is 0 Å². The van der Waals surface area contributed by atoms with Gasteiger partial charge in [-0.1, -0.05) is 6.92 Å². The van der Waals surface area contributed by atoms with Gasteiger partial charge < -0.3 is 15.8 Å². The first-order valence-electron chi connectivity index (χ1n) is 6.76. The number of benzene rings is 2. The van der Waals surface area contributed by atoms with Crippen LogP contribution in [0.4, 0.5) is 21.5 Å². The molecule has 3 nitrogen and oxygen atoms in total.